The summed E-state index contributed by atoms with van der Waals surface area (Å²) < 4.78 is 31.7. The number of ether oxygens (including phenoxy) is 1. The average molecular weight is 485 g/mol. The zero-order chi connectivity index (χ0) is 24.8. The van der Waals surface area contributed by atoms with Gasteiger partial charge in [-0.2, -0.15) is 0 Å². The second kappa shape index (κ2) is 11.8. The molecular formula is C28H34F2N2O3. The second-order valence-electron chi connectivity index (χ2n) is 9.50. The summed E-state index contributed by atoms with van der Waals surface area (Å²) in [4.78, 5) is 16.8. The van der Waals surface area contributed by atoms with E-state index in [1.54, 1.807) is 12.0 Å². The van der Waals surface area contributed by atoms with E-state index in [0.29, 0.717) is 30.5 Å². The van der Waals surface area contributed by atoms with Gasteiger partial charge in [0.1, 0.15) is 5.75 Å². The molecule has 2 saturated heterocycles. The summed E-state index contributed by atoms with van der Waals surface area (Å²) in [5, 5.41) is 10.2. The number of halogens is 2. The summed E-state index contributed by atoms with van der Waals surface area (Å²) in [6, 6.07) is 12.0. The highest BCUT2D eigenvalue weighted by Crippen LogP contribution is 2.32. The van der Waals surface area contributed by atoms with E-state index in [0.717, 1.165) is 56.7 Å². The first kappa shape index (κ1) is 25.3. The number of carbonyl (C=O) groups excluding carboxylic acids is 1. The number of aliphatic hydroxyl groups excluding tert-OH is 1. The predicted octanol–water partition coefficient (Wildman–Crippen LogP) is 4.47. The normalized spacial score (nSPS) is 19.3. The van der Waals surface area contributed by atoms with E-state index in [4.69, 9.17) is 4.74 Å². The van der Waals surface area contributed by atoms with Crippen LogP contribution in [0.15, 0.2) is 48.5 Å². The molecular weight excluding hydrogens is 450 g/mol. The molecule has 1 atom stereocenters. The summed E-state index contributed by atoms with van der Waals surface area (Å²) in [5.74, 6) is -0.221. The fourth-order valence-electron chi connectivity index (χ4n) is 5.40. The van der Waals surface area contributed by atoms with Crippen LogP contribution in [0.2, 0.25) is 0 Å². The third-order valence-corrected chi connectivity index (χ3v) is 7.53. The molecule has 2 heterocycles. The van der Waals surface area contributed by atoms with E-state index >= 15 is 0 Å². The lowest BCUT2D eigenvalue weighted by Gasteiger charge is -2.43. The number of rotatable bonds is 7. The quantitative estimate of drug-likeness (QED) is 0.590. The molecule has 0 spiro atoms. The van der Waals surface area contributed by atoms with Crippen molar-refractivity contribution in [2.75, 3.05) is 39.9 Å². The molecule has 188 valence electrons. The SMILES string of the molecule is COc1ccc(C2CCN(C(CO)C3CCN(C(=O)C=Cc4ccc(F)c(F)c4)CC3)CC2)cc1. The molecule has 1 unspecified atom stereocenters. The highest BCUT2D eigenvalue weighted by molar-refractivity contribution is 5.91. The number of carbonyl (C=O) groups is 1. The van der Waals surface area contributed by atoms with Crippen molar-refractivity contribution in [2.24, 2.45) is 5.92 Å². The second-order valence-corrected chi connectivity index (χ2v) is 9.50. The number of hydrogen-bond acceptors (Lipinski definition) is 4. The Labute approximate surface area is 206 Å². The lowest BCUT2D eigenvalue weighted by molar-refractivity contribution is -0.127. The minimum Gasteiger partial charge on any atom is -0.497 e. The van der Waals surface area contributed by atoms with Gasteiger partial charge in [-0.3, -0.25) is 9.69 Å². The van der Waals surface area contributed by atoms with Crippen LogP contribution in [-0.4, -0.2) is 66.8 Å². The molecule has 0 saturated carbocycles. The van der Waals surface area contributed by atoms with E-state index in [1.807, 2.05) is 12.1 Å². The maximum atomic E-state index is 13.4. The molecule has 2 aliphatic heterocycles. The summed E-state index contributed by atoms with van der Waals surface area (Å²) >= 11 is 0. The monoisotopic (exact) mass is 484 g/mol. The Bertz CT molecular complexity index is 1010. The fourth-order valence-corrected chi connectivity index (χ4v) is 5.40. The zero-order valence-electron chi connectivity index (χ0n) is 20.2. The molecule has 2 aromatic carbocycles. The first-order valence-electron chi connectivity index (χ1n) is 12.4. The Morgan fingerprint density at radius 1 is 1.03 bits per heavy atom. The maximum Gasteiger partial charge on any atom is 0.246 e. The minimum absolute atomic E-state index is 0.113. The largest absolute Gasteiger partial charge is 0.497 e. The molecule has 1 N–H and O–H groups in total. The number of methoxy groups -OCH3 is 1. The Balaban J connectivity index is 1.26. The number of likely N-dealkylation sites (tertiary alicyclic amines) is 2. The molecule has 0 radical (unpaired) electrons. The van der Waals surface area contributed by atoms with Gasteiger partial charge < -0.3 is 14.7 Å². The van der Waals surface area contributed by atoms with Crippen LogP contribution in [0.3, 0.4) is 0 Å². The van der Waals surface area contributed by atoms with E-state index < -0.39 is 11.6 Å². The first-order chi connectivity index (χ1) is 17.0. The van der Waals surface area contributed by atoms with E-state index in [1.165, 1.54) is 23.8 Å². The first-order valence-corrected chi connectivity index (χ1v) is 12.4. The van der Waals surface area contributed by atoms with Crippen LogP contribution >= 0.6 is 0 Å². The highest BCUT2D eigenvalue weighted by atomic mass is 19.2. The Kier molecular flexibility index (Phi) is 8.52. The lowest BCUT2D eigenvalue weighted by Crippen LogP contribution is -2.50. The van der Waals surface area contributed by atoms with Gasteiger partial charge in [-0.25, -0.2) is 8.78 Å². The molecule has 0 aromatic heterocycles. The number of amides is 1. The van der Waals surface area contributed by atoms with Crippen molar-refractivity contribution >= 4 is 12.0 Å². The summed E-state index contributed by atoms with van der Waals surface area (Å²) in [6.45, 7) is 3.30. The van der Waals surface area contributed by atoms with Crippen molar-refractivity contribution < 1.29 is 23.4 Å². The third-order valence-electron chi connectivity index (χ3n) is 7.53. The third kappa shape index (κ3) is 6.27. The Morgan fingerprint density at radius 2 is 1.71 bits per heavy atom. The van der Waals surface area contributed by atoms with Crippen molar-refractivity contribution in [3.63, 3.8) is 0 Å². The molecule has 35 heavy (non-hydrogen) atoms. The van der Waals surface area contributed by atoms with Gasteiger partial charge in [-0.1, -0.05) is 18.2 Å². The minimum atomic E-state index is -0.927. The van der Waals surface area contributed by atoms with Gasteiger partial charge in [0, 0.05) is 25.2 Å². The Hall–Kier alpha value is -2.77. The average Bonchev–Trinajstić information content (AvgIpc) is 2.90. The molecule has 2 aliphatic rings. The number of aliphatic hydroxyl groups is 1. The maximum absolute atomic E-state index is 13.4. The highest BCUT2D eigenvalue weighted by Gasteiger charge is 2.33. The lowest BCUT2D eigenvalue weighted by atomic mass is 9.85. The van der Waals surface area contributed by atoms with Crippen molar-refractivity contribution in [3.05, 3.63) is 71.3 Å². The van der Waals surface area contributed by atoms with Crippen molar-refractivity contribution in [1.29, 1.82) is 0 Å². The van der Waals surface area contributed by atoms with Crippen molar-refractivity contribution in [1.82, 2.24) is 9.80 Å². The van der Waals surface area contributed by atoms with Gasteiger partial charge in [-0.05, 0) is 92.1 Å². The standard InChI is InChI=1S/C28H34F2N2O3/c1-35-24-6-4-21(5-7-24)22-10-14-31(15-11-22)27(19-33)23-12-16-32(17-13-23)28(34)9-3-20-2-8-25(29)26(30)18-20/h2-9,18,22-23,27,33H,10-17,19H2,1H3. The van der Waals surface area contributed by atoms with E-state index in [-0.39, 0.29) is 18.6 Å². The summed E-state index contributed by atoms with van der Waals surface area (Å²) in [6.07, 6.45) is 6.74. The van der Waals surface area contributed by atoms with Crippen LogP contribution < -0.4 is 4.74 Å². The van der Waals surface area contributed by atoms with Crippen LogP contribution in [0.4, 0.5) is 8.78 Å². The van der Waals surface area contributed by atoms with Gasteiger partial charge in [0.25, 0.3) is 0 Å². The molecule has 0 aliphatic carbocycles. The number of piperidine rings is 2. The van der Waals surface area contributed by atoms with Crippen LogP contribution in [-0.2, 0) is 4.79 Å². The molecule has 2 aromatic rings. The summed E-state index contributed by atoms with van der Waals surface area (Å²) in [7, 11) is 1.68. The Morgan fingerprint density at radius 3 is 2.31 bits per heavy atom. The van der Waals surface area contributed by atoms with Gasteiger partial charge in [0.15, 0.2) is 11.6 Å². The fraction of sp³-hybridized carbons (Fsp3) is 0.464. The van der Waals surface area contributed by atoms with Crippen LogP contribution in [0.5, 0.6) is 5.75 Å². The van der Waals surface area contributed by atoms with Crippen LogP contribution in [0, 0.1) is 17.6 Å². The van der Waals surface area contributed by atoms with Gasteiger partial charge in [0.05, 0.1) is 13.7 Å². The van der Waals surface area contributed by atoms with E-state index in [2.05, 4.69) is 17.0 Å². The smallest absolute Gasteiger partial charge is 0.246 e. The predicted molar refractivity (Wildman–Crippen MR) is 132 cm³/mol. The molecule has 0 bridgehead atoms. The number of hydrogen-bond donors (Lipinski definition) is 1. The van der Waals surface area contributed by atoms with Gasteiger partial charge in [-0.15, -0.1) is 0 Å². The van der Waals surface area contributed by atoms with E-state index in [9.17, 15) is 18.7 Å². The molecule has 1 amide bonds. The zero-order valence-corrected chi connectivity index (χ0v) is 20.2. The molecule has 2 fully saturated rings. The van der Waals surface area contributed by atoms with Crippen LogP contribution in [0.1, 0.15) is 42.7 Å². The summed E-state index contributed by atoms with van der Waals surface area (Å²) in [5.41, 5.74) is 1.79. The van der Waals surface area contributed by atoms with Gasteiger partial charge in [0.2, 0.25) is 5.91 Å². The molecule has 4 rings (SSSR count). The van der Waals surface area contributed by atoms with Crippen LogP contribution in [0.25, 0.3) is 6.08 Å². The topological polar surface area (TPSA) is 53.0 Å². The van der Waals surface area contributed by atoms with Gasteiger partial charge >= 0.3 is 0 Å². The number of nitrogens with zero attached hydrogens (tertiary/aromatic N) is 2. The molecule has 7 heteroatoms. The number of benzene rings is 2. The van der Waals surface area contributed by atoms with Crippen molar-refractivity contribution in [3.8, 4) is 5.75 Å². The molecule has 5 nitrogen and oxygen atoms in total. The van der Waals surface area contributed by atoms with Crippen molar-refractivity contribution in [2.45, 2.75) is 37.6 Å².